The summed E-state index contributed by atoms with van der Waals surface area (Å²) in [5, 5.41) is 5.87. The van der Waals surface area contributed by atoms with Gasteiger partial charge in [0.1, 0.15) is 11.6 Å². The zero-order valence-electron chi connectivity index (χ0n) is 20.5. The minimum atomic E-state index is -4.85. The third-order valence-electron chi connectivity index (χ3n) is 6.05. The summed E-state index contributed by atoms with van der Waals surface area (Å²) >= 11 is 1.36. The third kappa shape index (κ3) is 6.63. The van der Waals surface area contributed by atoms with Crippen LogP contribution in [0.4, 0.5) is 39.8 Å². The standard InChI is InChI=1S/C27H22F4N4O3S/c1-35(18-8-10-21-23(14-18)39-26(33-21)34-25(37)16-5-6-16)17-7-9-20(28)22(13-17)32-24(36)12-15-3-2-4-19(11-15)38-27(29,30)31/h2-4,7-11,13-14,16H,5-6,12H2,1H3,(H,32,36)(H,33,34,37). The van der Waals surface area contributed by atoms with Gasteiger partial charge in [-0.25, -0.2) is 9.37 Å². The van der Waals surface area contributed by atoms with Crippen molar-refractivity contribution in [3.05, 3.63) is 72.0 Å². The van der Waals surface area contributed by atoms with Crippen LogP contribution >= 0.6 is 11.3 Å². The zero-order valence-corrected chi connectivity index (χ0v) is 21.3. The van der Waals surface area contributed by atoms with Gasteiger partial charge in [0.2, 0.25) is 11.8 Å². The summed E-state index contributed by atoms with van der Waals surface area (Å²) in [6.07, 6.45) is -3.34. The molecule has 1 fully saturated rings. The number of carbonyl (C=O) groups is 2. The Morgan fingerprint density at radius 2 is 1.79 bits per heavy atom. The summed E-state index contributed by atoms with van der Waals surface area (Å²) < 4.78 is 56.7. The molecule has 202 valence electrons. The number of alkyl halides is 3. The Balaban J connectivity index is 1.28. The smallest absolute Gasteiger partial charge is 0.406 e. The van der Waals surface area contributed by atoms with Crippen LogP contribution in [0.3, 0.4) is 0 Å². The summed E-state index contributed by atoms with van der Waals surface area (Å²) in [4.78, 5) is 30.9. The van der Waals surface area contributed by atoms with Crippen LogP contribution in [0.2, 0.25) is 0 Å². The molecule has 0 saturated heterocycles. The van der Waals surface area contributed by atoms with Crippen LogP contribution in [0.15, 0.2) is 60.7 Å². The van der Waals surface area contributed by atoms with Crippen LogP contribution in [0, 0.1) is 11.7 Å². The van der Waals surface area contributed by atoms with E-state index in [1.54, 1.807) is 18.0 Å². The van der Waals surface area contributed by atoms with E-state index in [-0.39, 0.29) is 29.5 Å². The molecule has 2 N–H and O–H groups in total. The molecule has 39 heavy (non-hydrogen) atoms. The Morgan fingerprint density at radius 1 is 1.05 bits per heavy atom. The van der Waals surface area contributed by atoms with Gasteiger partial charge in [0.15, 0.2) is 5.13 Å². The molecule has 3 aromatic carbocycles. The summed E-state index contributed by atoms with van der Waals surface area (Å²) in [5.74, 6) is -1.67. The molecule has 0 radical (unpaired) electrons. The summed E-state index contributed by atoms with van der Waals surface area (Å²) in [7, 11) is 1.78. The highest BCUT2D eigenvalue weighted by Crippen LogP contribution is 2.35. The van der Waals surface area contributed by atoms with Crippen molar-refractivity contribution in [2.45, 2.75) is 25.6 Å². The molecular weight excluding hydrogens is 536 g/mol. The number of benzene rings is 3. The van der Waals surface area contributed by atoms with Gasteiger partial charge < -0.3 is 20.3 Å². The average molecular weight is 559 g/mol. The van der Waals surface area contributed by atoms with Crippen molar-refractivity contribution in [3.63, 3.8) is 0 Å². The van der Waals surface area contributed by atoms with Crippen molar-refractivity contribution in [1.82, 2.24) is 4.98 Å². The minimum absolute atomic E-state index is 0.0189. The fourth-order valence-electron chi connectivity index (χ4n) is 3.93. The first-order chi connectivity index (χ1) is 18.5. The maximum atomic E-state index is 14.5. The van der Waals surface area contributed by atoms with Gasteiger partial charge in [0.25, 0.3) is 0 Å². The van der Waals surface area contributed by atoms with Crippen molar-refractivity contribution >= 4 is 55.6 Å². The second kappa shape index (κ2) is 10.5. The lowest BCUT2D eigenvalue weighted by Crippen LogP contribution is -2.18. The molecule has 0 unspecified atom stereocenters. The van der Waals surface area contributed by atoms with Crippen molar-refractivity contribution < 1.29 is 31.9 Å². The van der Waals surface area contributed by atoms with E-state index in [1.807, 2.05) is 18.2 Å². The van der Waals surface area contributed by atoms with E-state index in [4.69, 9.17) is 0 Å². The molecule has 1 aliphatic rings. The third-order valence-corrected chi connectivity index (χ3v) is 6.98. The molecule has 1 saturated carbocycles. The SMILES string of the molecule is CN(c1ccc(F)c(NC(=O)Cc2cccc(OC(F)(F)F)c2)c1)c1ccc2nc(NC(=O)C3CC3)sc2c1. The van der Waals surface area contributed by atoms with E-state index in [0.717, 1.165) is 40.9 Å². The molecule has 0 spiro atoms. The predicted molar refractivity (Wildman–Crippen MR) is 141 cm³/mol. The highest BCUT2D eigenvalue weighted by molar-refractivity contribution is 7.22. The lowest BCUT2D eigenvalue weighted by molar-refractivity contribution is -0.274. The average Bonchev–Trinajstić information content (AvgIpc) is 3.64. The lowest BCUT2D eigenvalue weighted by Gasteiger charge is -2.20. The molecule has 5 rings (SSSR count). The molecule has 12 heteroatoms. The number of hydrogen-bond donors (Lipinski definition) is 2. The van der Waals surface area contributed by atoms with Gasteiger partial charge >= 0.3 is 6.36 Å². The Morgan fingerprint density at radius 3 is 2.54 bits per heavy atom. The number of carbonyl (C=O) groups excluding carboxylic acids is 2. The number of nitrogens with zero attached hydrogens (tertiary/aromatic N) is 2. The van der Waals surface area contributed by atoms with Gasteiger partial charge in [-0.1, -0.05) is 23.5 Å². The number of amides is 2. The van der Waals surface area contributed by atoms with Gasteiger partial charge in [-0.3, -0.25) is 9.59 Å². The topological polar surface area (TPSA) is 83.6 Å². The number of nitrogens with one attached hydrogen (secondary N) is 2. The molecule has 4 aromatic rings. The summed E-state index contributed by atoms with van der Waals surface area (Å²) in [5.41, 5.74) is 2.29. The molecular formula is C27H22F4N4O3S. The van der Waals surface area contributed by atoms with Gasteiger partial charge in [-0.05, 0) is 66.9 Å². The van der Waals surface area contributed by atoms with Gasteiger partial charge in [0.05, 0.1) is 22.3 Å². The van der Waals surface area contributed by atoms with Crippen molar-refractivity contribution in [1.29, 1.82) is 0 Å². The molecule has 0 bridgehead atoms. The number of fused-ring (bicyclic) bond motifs is 1. The monoisotopic (exact) mass is 558 g/mol. The number of rotatable bonds is 8. The quantitative estimate of drug-likeness (QED) is 0.237. The molecule has 0 aliphatic heterocycles. The number of anilines is 4. The van der Waals surface area contributed by atoms with Crippen LogP contribution in [0.1, 0.15) is 18.4 Å². The van der Waals surface area contributed by atoms with E-state index in [9.17, 15) is 27.2 Å². The van der Waals surface area contributed by atoms with Crippen LogP contribution in [0.5, 0.6) is 5.75 Å². The summed E-state index contributed by atoms with van der Waals surface area (Å²) in [6, 6.07) is 14.8. The van der Waals surface area contributed by atoms with Gasteiger partial charge in [0, 0.05) is 24.3 Å². The first-order valence-electron chi connectivity index (χ1n) is 11.9. The van der Waals surface area contributed by atoms with Crippen LogP contribution < -0.4 is 20.3 Å². The lowest BCUT2D eigenvalue weighted by atomic mass is 10.1. The van der Waals surface area contributed by atoms with E-state index in [2.05, 4.69) is 20.4 Å². The molecule has 2 amide bonds. The normalized spacial score (nSPS) is 13.3. The maximum Gasteiger partial charge on any atom is 0.573 e. The highest BCUT2D eigenvalue weighted by atomic mass is 32.1. The first kappa shape index (κ1) is 26.4. The molecule has 7 nitrogen and oxygen atoms in total. The predicted octanol–water partition coefficient (Wildman–Crippen LogP) is 6.63. The number of thiazole rings is 1. The van der Waals surface area contributed by atoms with Crippen LogP contribution in [-0.4, -0.2) is 30.2 Å². The Kier molecular flexibility index (Phi) is 7.13. The van der Waals surface area contributed by atoms with Crippen molar-refractivity contribution in [3.8, 4) is 5.75 Å². The Hall–Kier alpha value is -4.19. The number of aromatic nitrogens is 1. The zero-order chi connectivity index (χ0) is 27.7. The fourth-order valence-corrected chi connectivity index (χ4v) is 4.83. The van der Waals surface area contributed by atoms with E-state index >= 15 is 0 Å². The largest absolute Gasteiger partial charge is 0.573 e. The fraction of sp³-hybridized carbons (Fsp3) is 0.222. The molecule has 1 heterocycles. The number of halogens is 4. The second-order valence-electron chi connectivity index (χ2n) is 9.08. The first-order valence-corrected chi connectivity index (χ1v) is 12.7. The van der Waals surface area contributed by atoms with Gasteiger partial charge in [-0.15, -0.1) is 13.2 Å². The van der Waals surface area contributed by atoms with E-state index in [1.165, 1.54) is 35.6 Å². The Labute approximate surface area is 224 Å². The summed E-state index contributed by atoms with van der Waals surface area (Å²) in [6.45, 7) is 0. The van der Waals surface area contributed by atoms with Crippen molar-refractivity contribution in [2.75, 3.05) is 22.6 Å². The molecule has 1 aromatic heterocycles. The molecule has 1 aliphatic carbocycles. The Bertz CT molecular complexity index is 1550. The number of hydrogen-bond acceptors (Lipinski definition) is 6. The molecule has 0 atom stereocenters. The van der Waals surface area contributed by atoms with Crippen LogP contribution in [-0.2, 0) is 16.0 Å². The van der Waals surface area contributed by atoms with Gasteiger partial charge in [-0.2, -0.15) is 0 Å². The van der Waals surface area contributed by atoms with Crippen molar-refractivity contribution in [2.24, 2.45) is 5.92 Å². The van der Waals surface area contributed by atoms with E-state index in [0.29, 0.717) is 10.8 Å². The second-order valence-corrected chi connectivity index (χ2v) is 10.1. The minimum Gasteiger partial charge on any atom is -0.406 e. The number of ether oxygens (including phenoxy) is 1. The maximum absolute atomic E-state index is 14.5. The highest BCUT2D eigenvalue weighted by Gasteiger charge is 2.31. The van der Waals surface area contributed by atoms with Crippen LogP contribution in [0.25, 0.3) is 10.2 Å². The van der Waals surface area contributed by atoms with E-state index < -0.39 is 23.8 Å².